The maximum Gasteiger partial charge on any atom is 0.141 e. The zero-order valence-electron chi connectivity index (χ0n) is 7.74. The molecule has 14 heavy (non-hydrogen) atoms. The molecule has 0 amide bonds. The molecular weight excluding hydrogens is 185 g/mol. The summed E-state index contributed by atoms with van der Waals surface area (Å²) in [6, 6.07) is 1.31. The van der Waals surface area contributed by atoms with Crippen LogP contribution in [0.2, 0.25) is 0 Å². The van der Waals surface area contributed by atoms with Gasteiger partial charge in [-0.15, -0.1) is 0 Å². The van der Waals surface area contributed by atoms with E-state index in [1.54, 1.807) is 0 Å². The van der Waals surface area contributed by atoms with Crippen molar-refractivity contribution in [2.24, 2.45) is 0 Å². The van der Waals surface area contributed by atoms with Gasteiger partial charge < -0.3 is 9.84 Å². The van der Waals surface area contributed by atoms with Gasteiger partial charge in [0.1, 0.15) is 11.4 Å². The maximum absolute atomic E-state index is 12.9. The standard InChI is InChI=1S/C10H12FNO2/c11-9-4-8(5-12-6-9)10(13)2-1-3-14-7-10/h4-6,13H,1-3,7H2. The fourth-order valence-electron chi connectivity index (χ4n) is 1.67. The van der Waals surface area contributed by atoms with Gasteiger partial charge in [-0.05, 0) is 18.9 Å². The van der Waals surface area contributed by atoms with Crippen molar-refractivity contribution in [3.63, 3.8) is 0 Å². The molecule has 1 aliphatic heterocycles. The van der Waals surface area contributed by atoms with E-state index < -0.39 is 11.4 Å². The SMILES string of the molecule is OC1(c2cncc(F)c2)CCCOC1. The van der Waals surface area contributed by atoms with E-state index in [-0.39, 0.29) is 6.61 Å². The molecule has 1 aromatic heterocycles. The summed E-state index contributed by atoms with van der Waals surface area (Å²) in [7, 11) is 0. The average Bonchev–Trinajstić information content (AvgIpc) is 2.19. The first-order chi connectivity index (χ1) is 6.71. The summed E-state index contributed by atoms with van der Waals surface area (Å²) in [6.45, 7) is 0.878. The highest BCUT2D eigenvalue weighted by Gasteiger charge is 2.32. The van der Waals surface area contributed by atoms with E-state index in [0.29, 0.717) is 18.6 Å². The second-order valence-corrected chi connectivity index (χ2v) is 3.58. The normalized spacial score (nSPS) is 27.6. The van der Waals surface area contributed by atoms with Gasteiger partial charge in [-0.25, -0.2) is 4.39 Å². The largest absolute Gasteiger partial charge is 0.383 e. The van der Waals surface area contributed by atoms with Crippen molar-refractivity contribution in [1.29, 1.82) is 0 Å². The monoisotopic (exact) mass is 197 g/mol. The molecule has 1 atom stereocenters. The quantitative estimate of drug-likeness (QED) is 0.736. The first-order valence-corrected chi connectivity index (χ1v) is 4.62. The van der Waals surface area contributed by atoms with Crippen LogP contribution in [0.4, 0.5) is 4.39 Å². The summed E-state index contributed by atoms with van der Waals surface area (Å²) in [5, 5.41) is 10.1. The number of pyridine rings is 1. The van der Waals surface area contributed by atoms with E-state index in [4.69, 9.17) is 4.74 Å². The fraction of sp³-hybridized carbons (Fsp3) is 0.500. The van der Waals surface area contributed by atoms with Crippen LogP contribution < -0.4 is 0 Å². The average molecular weight is 197 g/mol. The van der Waals surface area contributed by atoms with Crippen molar-refractivity contribution in [2.45, 2.75) is 18.4 Å². The molecule has 0 saturated carbocycles. The van der Waals surface area contributed by atoms with E-state index in [9.17, 15) is 9.50 Å². The van der Waals surface area contributed by atoms with Gasteiger partial charge in [-0.3, -0.25) is 4.98 Å². The molecule has 2 heterocycles. The third kappa shape index (κ3) is 1.76. The molecule has 0 bridgehead atoms. The van der Waals surface area contributed by atoms with E-state index in [0.717, 1.165) is 12.6 Å². The summed E-state index contributed by atoms with van der Waals surface area (Å²) in [5.41, 5.74) is -0.565. The molecule has 0 aliphatic carbocycles. The van der Waals surface area contributed by atoms with E-state index in [1.807, 2.05) is 0 Å². The minimum atomic E-state index is -1.06. The molecule has 1 aliphatic rings. The van der Waals surface area contributed by atoms with Gasteiger partial charge >= 0.3 is 0 Å². The molecule has 0 radical (unpaired) electrons. The smallest absolute Gasteiger partial charge is 0.141 e. The first-order valence-electron chi connectivity index (χ1n) is 4.62. The lowest BCUT2D eigenvalue weighted by molar-refractivity contribution is -0.0906. The Morgan fingerprint density at radius 1 is 1.50 bits per heavy atom. The third-order valence-electron chi connectivity index (χ3n) is 2.46. The minimum absolute atomic E-state index is 0.220. The number of halogens is 1. The van der Waals surface area contributed by atoms with Gasteiger partial charge in [-0.2, -0.15) is 0 Å². The van der Waals surface area contributed by atoms with Crippen LogP contribution in [-0.4, -0.2) is 23.3 Å². The van der Waals surface area contributed by atoms with Gasteiger partial charge in [0.15, 0.2) is 0 Å². The second-order valence-electron chi connectivity index (χ2n) is 3.58. The van der Waals surface area contributed by atoms with E-state index >= 15 is 0 Å². The van der Waals surface area contributed by atoms with Crippen LogP contribution in [0.15, 0.2) is 18.5 Å². The van der Waals surface area contributed by atoms with Gasteiger partial charge in [-0.1, -0.05) is 0 Å². The summed E-state index contributed by atoms with van der Waals surface area (Å²) >= 11 is 0. The predicted molar refractivity (Wildman–Crippen MR) is 48.1 cm³/mol. The highest BCUT2D eigenvalue weighted by atomic mass is 19.1. The third-order valence-corrected chi connectivity index (χ3v) is 2.46. The molecule has 1 aromatic rings. The van der Waals surface area contributed by atoms with Gasteiger partial charge in [0.2, 0.25) is 0 Å². The number of ether oxygens (including phenoxy) is 1. The van der Waals surface area contributed by atoms with Crippen LogP contribution in [0.1, 0.15) is 18.4 Å². The molecule has 4 heteroatoms. The molecule has 1 unspecified atom stereocenters. The lowest BCUT2D eigenvalue weighted by Crippen LogP contribution is -2.35. The van der Waals surface area contributed by atoms with Crippen LogP contribution in [0.3, 0.4) is 0 Å². The van der Waals surface area contributed by atoms with Crippen molar-refractivity contribution in [2.75, 3.05) is 13.2 Å². The number of aliphatic hydroxyl groups is 1. The van der Waals surface area contributed by atoms with Crippen molar-refractivity contribution in [1.82, 2.24) is 4.98 Å². The Kier molecular flexibility index (Phi) is 2.48. The minimum Gasteiger partial charge on any atom is -0.383 e. The fourth-order valence-corrected chi connectivity index (χ4v) is 1.67. The van der Waals surface area contributed by atoms with Gasteiger partial charge in [0.25, 0.3) is 0 Å². The first kappa shape index (κ1) is 9.55. The Morgan fingerprint density at radius 2 is 2.36 bits per heavy atom. The van der Waals surface area contributed by atoms with Crippen molar-refractivity contribution in [3.8, 4) is 0 Å². The Balaban J connectivity index is 2.28. The Labute approximate surface area is 81.5 Å². The Bertz CT molecular complexity index is 324. The van der Waals surface area contributed by atoms with Crippen molar-refractivity contribution in [3.05, 3.63) is 29.8 Å². The molecule has 3 nitrogen and oxygen atoms in total. The van der Waals surface area contributed by atoms with Crippen molar-refractivity contribution < 1.29 is 14.2 Å². The highest BCUT2D eigenvalue weighted by Crippen LogP contribution is 2.29. The molecule has 76 valence electrons. The lowest BCUT2D eigenvalue weighted by atomic mass is 9.90. The number of rotatable bonds is 1. The lowest BCUT2D eigenvalue weighted by Gasteiger charge is -2.31. The topological polar surface area (TPSA) is 42.4 Å². The van der Waals surface area contributed by atoms with Gasteiger partial charge in [0.05, 0.1) is 12.8 Å². The summed E-state index contributed by atoms with van der Waals surface area (Å²) < 4.78 is 18.1. The van der Waals surface area contributed by atoms with E-state index in [1.165, 1.54) is 12.3 Å². The summed E-state index contributed by atoms with van der Waals surface area (Å²) in [6.07, 6.45) is 3.99. The number of aromatic nitrogens is 1. The Hall–Kier alpha value is -1.00. The molecule has 0 aromatic carbocycles. The van der Waals surface area contributed by atoms with Crippen LogP contribution in [-0.2, 0) is 10.3 Å². The van der Waals surface area contributed by atoms with Crippen LogP contribution in [0.25, 0.3) is 0 Å². The molecule has 1 fully saturated rings. The predicted octanol–water partition coefficient (Wildman–Crippen LogP) is 1.22. The molecule has 2 rings (SSSR count). The maximum atomic E-state index is 12.9. The van der Waals surface area contributed by atoms with Crippen LogP contribution in [0.5, 0.6) is 0 Å². The summed E-state index contributed by atoms with van der Waals surface area (Å²) in [4.78, 5) is 3.71. The van der Waals surface area contributed by atoms with Crippen molar-refractivity contribution >= 4 is 0 Å². The molecule has 1 N–H and O–H groups in total. The zero-order chi connectivity index (χ0) is 10.0. The highest BCUT2D eigenvalue weighted by molar-refractivity contribution is 5.19. The Morgan fingerprint density at radius 3 is 3.00 bits per heavy atom. The zero-order valence-corrected chi connectivity index (χ0v) is 7.74. The molecular formula is C10H12FNO2. The second kappa shape index (κ2) is 3.63. The number of hydrogen-bond donors (Lipinski definition) is 1. The van der Waals surface area contributed by atoms with E-state index in [2.05, 4.69) is 4.98 Å². The summed E-state index contributed by atoms with van der Waals surface area (Å²) in [5.74, 6) is -0.429. The number of hydrogen-bond acceptors (Lipinski definition) is 3. The molecule has 0 spiro atoms. The van der Waals surface area contributed by atoms with Crippen LogP contribution in [0, 0.1) is 5.82 Å². The van der Waals surface area contributed by atoms with Crippen LogP contribution >= 0.6 is 0 Å². The van der Waals surface area contributed by atoms with Gasteiger partial charge in [0, 0.05) is 18.4 Å². The number of nitrogens with zero attached hydrogens (tertiary/aromatic N) is 1. The molecule has 1 saturated heterocycles.